The van der Waals surface area contributed by atoms with E-state index in [-0.39, 0.29) is 17.9 Å². The molecule has 0 aromatic carbocycles. The van der Waals surface area contributed by atoms with E-state index < -0.39 is 11.9 Å². The SMILES string of the molecule is CC(NC(=O)C1CCCC(N)C1)C(N)=O. The number of rotatable bonds is 3. The van der Waals surface area contributed by atoms with E-state index in [1.807, 2.05) is 0 Å². The number of primary amides is 1. The number of carbonyl (C=O) groups is 2. The first kappa shape index (κ1) is 12.0. The van der Waals surface area contributed by atoms with E-state index in [1.54, 1.807) is 6.92 Å². The third-order valence-electron chi connectivity index (χ3n) is 2.87. The van der Waals surface area contributed by atoms with E-state index in [0.717, 1.165) is 19.3 Å². The van der Waals surface area contributed by atoms with Crippen molar-refractivity contribution in [2.24, 2.45) is 17.4 Å². The number of hydrogen-bond donors (Lipinski definition) is 3. The second-order valence-corrected chi connectivity index (χ2v) is 4.26. The standard InChI is InChI=1S/C10H19N3O2/c1-6(9(12)14)13-10(15)7-3-2-4-8(11)5-7/h6-8H,2-5,11H2,1H3,(H2,12,14)(H,13,15). The molecule has 3 unspecified atom stereocenters. The fourth-order valence-corrected chi connectivity index (χ4v) is 1.87. The van der Waals surface area contributed by atoms with Gasteiger partial charge in [0.2, 0.25) is 11.8 Å². The van der Waals surface area contributed by atoms with E-state index in [9.17, 15) is 9.59 Å². The first-order valence-corrected chi connectivity index (χ1v) is 5.36. The molecule has 0 aliphatic heterocycles. The molecule has 0 aromatic heterocycles. The van der Waals surface area contributed by atoms with Gasteiger partial charge in [0.15, 0.2) is 0 Å². The Bertz CT molecular complexity index is 255. The zero-order chi connectivity index (χ0) is 11.4. The first-order valence-electron chi connectivity index (χ1n) is 5.36. The minimum absolute atomic E-state index is 0.0597. The van der Waals surface area contributed by atoms with E-state index in [0.29, 0.717) is 6.42 Å². The lowest BCUT2D eigenvalue weighted by atomic mass is 9.85. The average molecular weight is 213 g/mol. The summed E-state index contributed by atoms with van der Waals surface area (Å²) in [4.78, 5) is 22.4. The van der Waals surface area contributed by atoms with Crippen molar-refractivity contribution in [3.63, 3.8) is 0 Å². The predicted octanol–water partition coefficient (Wildman–Crippen LogP) is -0.506. The molecular formula is C10H19N3O2. The molecule has 0 heterocycles. The van der Waals surface area contributed by atoms with Crippen LogP contribution in [0.4, 0.5) is 0 Å². The largest absolute Gasteiger partial charge is 0.368 e. The fraction of sp³-hybridized carbons (Fsp3) is 0.800. The van der Waals surface area contributed by atoms with Crippen molar-refractivity contribution < 1.29 is 9.59 Å². The average Bonchev–Trinajstić information content (AvgIpc) is 2.17. The summed E-state index contributed by atoms with van der Waals surface area (Å²) in [5, 5.41) is 2.60. The molecule has 3 atom stereocenters. The van der Waals surface area contributed by atoms with Crippen LogP contribution in [-0.4, -0.2) is 23.9 Å². The molecule has 5 heteroatoms. The summed E-state index contributed by atoms with van der Waals surface area (Å²) >= 11 is 0. The van der Waals surface area contributed by atoms with Gasteiger partial charge in [0.05, 0.1) is 0 Å². The highest BCUT2D eigenvalue weighted by molar-refractivity contribution is 5.87. The quantitative estimate of drug-likeness (QED) is 0.589. The van der Waals surface area contributed by atoms with Crippen LogP contribution < -0.4 is 16.8 Å². The minimum atomic E-state index is -0.601. The Morgan fingerprint density at radius 1 is 1.40 bits per heavy atom. The van der Waals surface area contributed by atoms with Gasteiger partial charge in [-0.05, 0) is 26.2 Å². The zero-order valence-electron chi connectivity index (χ0n) is 9.03. The van der Waals surface area contributed by atoms with Gasteiger partial charge in [0, 0.05) is 12.0 Å². The lowest BCUT2D eigenvalue weighted by Gasteiger charge is -2.26. The molecule has 2 amide bonds. The summed E-state index contributed by atoms with van der Waals surface area (Å²) in [6, 6.07) is -0.492. The molecule has 1 fully saturated rings. The molecule has 0 spiro atoms. The molecule has 1 rings (SSSR count). The number of amides is 2. The highest BCUT2D eigenvalue weighted by Crippen LogP contribution is 2.23. The predicted molar refractivity (Wildman–Crippen MR) is 56.7 cm³/mol. The van der Waals surface area contributed by atoms with Gasteiger partial charge in [0.1, 0.15) is 6.04 Å². The Labute approximate surface area is 89.6 Å². The second-order valence-electron chi connectivity index (χ2n) is 4.26. The van der Waals surface area contributed by atoms with Gasteiger partial charge in [0.25, 0.3) is 0 Å². The van der Waals surface area contributed by atoms with Crippen LogP contribution in [-0.2, 0) is 9.59 Å². The lowest BCUT2D eigenvalue weighted by Crippen LogP contribution is -2.46. The van der Waals surface area contributed by atoms with Crippen LogP contribution in [0.25, 0.3) is 0 Å². The normalized spacial score (nSPS) is 28.1. The molecule has 0 bridgehead atoms. The van der Waals surface area contributed by atoms with Crippen molar-refractivity contribution in [1.82, 2.24) is 5.32 Å². The summed E-state index contributed by atoms with van der Waals surface area (Å²) in [7, 11) is 0. The van der Waals surface area contributed by atoms with E-state index >= 15 is 0 Å². The van der Waals surface area contributed by atoms with Gasteiger partial charge in [-0.3, -0.25) is 9.59 Å². The summed E-state index contributed by atoms with van der Waals surface area (Å²) in [5.41, 5.74) is 10.8. The maximum Gasteiger partial charge on any atom is 0.239 e. The maximum absolute atomic E-state index is 11.7. The van der Waals surface area contributed by atoms with Gasteiger partial charge in [-0.1, -0.05) is 6.42 Å². The Hall–Kier alpha value is -1.10. The van der Waals surface area contributed by atoms with Crippen LogP contribution >= 0.6 is 0 Å². The second kappa shape index (κ2) is 5.11. The number of nitrogens with one attached hydrogen (secondary N) is 1. The molecule has 0 radical (unpaired) electrons. The van der Waals surface area contributed by atoms with Crippen molar-refractivity contribution in [3.8, 4) is 0 Å². The van der Waals surface area contributed by atoms with Crippen LogP contribution in [0, 0.1) is 5.92 Å². The molecule has 0 saturated heterocycles. The van der Waals surface area contributed by atoms with Crippen LogP contribution in [0.3, 0.4) is 0 Å². The molecule has 5 nitrogen and oxygen atoms in total. The Morgan fingerprint density at radius 2 is 2.07 bits per heavy atom. The van der Waals surface area contributed by atoms with Crippen molar-refractivity contribution in [1.29, 1.82) is 0 Å². The summed E-state index contributed by atoms with van der Waals surface area (Å²) in [6.07, 6.45) is 3.52. The molecule has 1 saturated carbocycles. The molecule has 15 heavy (non-hydrogen) atoms. The number of hydrogen-bond acceptors (Lipinski definition) is 3. The minimum Gasteiger partial charge on any atom is -0.368 e. The van der Waals surface area contributed by atoms with Crippen LogP contribution in [0.5, 0.6) is 0 Å². The molecule has 86 valence electrons. The van der Waals surface area contributed by atoms with Gasteiger partial charge < -0.3 is 16.8 Å². The Morgan fingerprint density at radius 3 is 2.60 bits per heavy atom. The third-order valence-corrected chi connectivity index (χ3v) is 2.87. The number of carbonyl (C=O) groups excluding carboxylic acids is 2. The zero-order valence-corrected chi connectivity index (χ0v) is 9.03. The molecular weight excluding hydrogens is 194 g/mol. The monoisotopic (exact) mass is 213 g/mol. The van der Waals surface area contributed by atoms with Gasteiger partial charge in [-0.15, -0.1) is 0 Å². The van der Waals surface area contributed by atoms with Crippen LogP contribution in [0.15, 0.2) is 0 Å². The van der Waals surface area contributed by atoms with Gasteiger partial charge in [-0.25, -0.2) is 0 Å². The smallest absolute Gasteiger partial charge is 0.239 e. The lowest BCUT2D eigenvalue weighted by molar-refractivity contribution is -0.130. The third kappa shape index (κ3) is 3.51. The number of nitrogens with two attached hydrogens (primary N) is 2. The summed E-state index contributed by atoms with van der Waals surface area (Å²) < 4.78 is 0. The van der Waals surface area contributed by atoms with Crippen LogP contribution in [0.2, 0.25) is 0 Å². The highest BCUT2D eigenvalue weighted by Gasteiger charge is 2.26. The molecule has 1 aliphatic rings. The Kier molecular flexibility index (Phi) is 4.08. The molecule has 1 aliphatic carbocycles. The first-order chi connectivity index (χ1) is 7.00. The van der Waals surface area contributed by atoms with E-state index in [4.69, 9.17) is 11.5 Å². The molecule has 5 N–H and O–H groups in total. The fourth-order valence-electron chi connectivity index (χ4n) is 1.87. The topological polar surface area (TPSA) is 98.2 Å². The van der Waals surface area contributed by atoms with Crippen molar-refractivity contribution in [2.75, 3.05) is 0 Å². The summed E-state index contributed by atoms with van der Waals surface area (Å²) in [6.45, 7) is 1.59. The van der Waals surface area contributed by atoms with Gasteiger partial charge >= 0.3 is 0 Å². The maximum atomic E-state index is 11.7. The van der Waals surface area contributed by atoms with E-state index in [1.165, 1.54) is 0 Å². The van der Waals surface area contributed by atoms with Crippen molar-refractivity contribution >= 4 is 11.8 Å². The van der Waals surface area contributed by atoms with Gasteiger partial charge in [-0.2, -0.15) is 0 Å². The van der Waals surface area contributed by atoms with Crippen molar-refractivity contribution in [2.45, 2.75) is 44.7 Å². The summed E-state index contributed by atoms with van der Waals surface area (Å²) in [5.74, 6) is -0.671. The Balaban J connectivity index is 2.42. The van der Waals surface area contributed by atoms with E-state index in [2.05, 4.69) is 5.32 Å². The molecule has 0 aromatic rings. The van der Waals surface area contributed by atoms with Crippen LogP contribution in [0.1, 0.15) is 32.6 Å². The van der Waals surface area contributed by atoms with Crippen molar-refractivity contribution in [3.05, 3.63) is 0 Å². The highest BCUT2D eigenvalue weighted by atomic mass is 16.2.